The molecule has 3 rings (SSSR count). The third kappa shape index (κ3) is 3.53. The number of carbonyl (C=O) groups is 2. The molecule has 26 heavy (non-hydrogen) atoms. The lowest BCUT2D eigenvalue weighted by atomic mass is 10.1. The Kier molecular flexibility index (Phi) is 5.18. The maximum absolute atomic E-state index is 12.6. The summed E-state index contributed by atoms with van der Waals surface area (Å²) in [6.07, 6.45) is 0. The molecule has 136 valence electrons. The molecule has 2 N–H and O–H groups in total. The quantitative estimate of drug-likeness (QED) is 0.389. The summed E-state index contributed by atoms with van der Waals surface area (Å²) in [7, 11) is 0. The van der Waals surface area contributed by atoms with Crippen LogP contribution < -0.4 is 0 Å². The Labute approximate surface area is 155 Å². The molecule has 6 nitrogen and oxygen atoms in total. The van der Waals surface area contributed by atoms with Crippen LogP contribution in [-0.4, -0.2) is 39.1 Å². The molecule has 0 aliphatic heterocycles. The van der Waals surface area contributed by atoms with Gasteiger partial charge in [0.25, 0.3) is 0 Å². The second kappa shape index (κ2) is 7.37. The van der Waals surface area contributed by atoms with Crippen LogP contribution in [0.3, 0.4) is 0 Å². The van der Waals surface area contributed by atoms with Crippen LogP contribution in [0, 0.1) is 20.8 Å². The summed E-state index contributed by atoms with van der Waals surface area (Å²) in [5, 5.41) is 0.700. The van der Waals surface area contributed by atoms with Crippen LogP contribution in [0.25, 0.3) is 11.0 Å². The van der Waals surface area contributed by atoms with E-state index in [4.69, 9.17) is 4.74 Å². The van der Waals surface area contributed by atoms with Gasteiger partial charge in [-0.05, 0) is 51.0 Å². The highest BCUT2D eigenvalue weighted by Crippen LogP contribution is 2.24. The van der Waals surface area contributed by atoms with Gasteiger partial charge in [-0.1, -0.05) is 17.8 Å². The van der Waals surface area contributed by atoms with Gasteiger partial charge in [0.2, 0.25) is 0 Å². The number of Topliss-reactive ketones (excluding diaryl/α,β-unsaturated/α-hetero) is 1. The number of aryl methyl sites for hydroxylation is 2. The first kappa shape index (κ1) is 18.3. The normalized spacial score (nSPS) is 11.1. The van der Waals surface area contributed by atoms with Crippen LogP contribution in [0.1, 0.15) is 44.6 Å². The maximum atomic E-state index is 12.6. The molecule has 0 aliphatic carbocycles. The summed E-state index contributed by atoms with van der Waals surface area (Å²) >= 11 is 1.35. The summed E-state index contributed by atoms with van der Waals surface area (Å²) < 4.78 is 5.06. The number of hydrogen-bond acceptors (Lipinski definition) is 5. The first-order chi connectivity index (χ1) is 12.4. The van der Waals surface area contributed by atoms with E-state index in [2.05, 4.69) is 15.0 Å². The number of hydrogen-bond donors (Lipinski definition) is 2. The summed E-state index contributed by atoms with van der Waals surface area (Å²) in [5.74, 6) is -0.261. The highest BCUT2D eigenvalue weighted by molar-refractivity contribution is 7.99. The first-order valence-corrected chi connectivity index (χ1v) is 9.38. The number of fused-ring (bicyclic) bond motifs is 1. The highest BCUT2D eigenvalue weighted by Gasteiger charge is 2.23. The van der Waals surface area contributed by atoms with Crippen molar-refractivity contribution in [2.75, 3.05) is 12.4 Å². The molecule has 0 spiro atoms. The third-order valence-electron chi connectivity index (χ3n) is 4.15. The Hall–Kier alpha value is -2.54. The van der Waals surface area contributed by atoms with Gasteiger partial charge in [-0.3, -0.25) is 4.79 Å². The van der Waals surface area contributed by atoms with Crippen molar-refractivity contribution in [3.05, 3.63) is 46.3 Å². The average molecular weight is 371 g/mol. The predicted molar refractivity (Wildman–Crippen MR) is 102 cm³/mol. The number of thioether (sulfide) groups is 1. The highest BCUT2D eigenvalue weighted by atomic mass is 32.2. The summed E-state index contributed by atoms with van der Waals surface area (Å²) in [4.78, 5) is 35.4. The number of aromatic amines is 2. The van der Waals surface area contributed by atoms with Crippen LogP contribution in [0.4, 0.5) is 0 Å². The van der Waals surface area contributed by atoms with Crippen molar-refractivity contribution in [2.45, 2.75) is 32.9 Å². The minimum Gasteiger partial charge on any atom is -0.462 e. The number of H-pyrrole nitrogens is 2. The molecule has 0 atom stereocenters. The molecule has 0 amide bonds. The smallest absolute Gasteiger partial charge is 0.340 e. The molecule has 2 aromatic heterocycles. The van der Waals surface area contributed by atoms with E-state index in [9.17, 15) is 9.59 Å². The summed E-state index contributed by atoms with van der Waals surface area (Å²) in [6, 6.07) is 5.99. The summed E-state index contributed by atoms with van der Waals surface area (Å²) in [5.41, 5.74) is 5.15. The largest absolute Gasteiger partial charge is 0.462 e. The van der Waals surface area contributed by atoms with Crippen molar-refractivity contribution in [3.8, 4) is 0 Å². The number of aromatic nitrogens is 3. The second-order valence-electron chi connectivity index (χ2n) is 6.12. The van der Waals surface area contributed by atoms with E-state index in [1.807, 2.05) is 25.1 Å². The fourth-order valence-corrected chi connectivity index (χ4v) is 3.67. The molecule has 0 saturated carbocycles. The van der Waals surface area contributed by atoms with Gasteiger partial charge in [-0.2, -0.15) is 0 Å². The lowest BCUT2D eigenvalue weighted by molar-refractivity contribution is 0.0525. The minimum absolute atomic E-state index is 0.0808. The fourth-order valence-electron chi connectivity index (χ4n) is 2.91. The number of ether oxygens (including phenoxy) is 1. The predicted octanol–water partition coefficient (Wildman–Crippen LogP) is 3.97. The SMILES string of the molecule is CCOC(=O)c1c(C)[nH]c(C(=O)CSc2nc3ccc(C)cc3[nH]2)c1C. The summed E-state index contributed by atoms with van der Waals surface area (Å²) in [6.45, 7) is 7.61. The molecule has 1 aromatic carbocycles. The van der Waals surface area contributed by atoms with Crippen molar-refractivity contribution in [2.24, 2.45) is 0 Å². The van der Waals surface area contributed by atoms with E-state index < -0.39 is 5.97 Å². The Bertz CT molecular complexity index is 987. The fraction of sp³-hybridized carbons (Fsp3) is 0.316. The lowest BCUT2D eigenvalue weighted by Gasteiger charge is -2.02. The van der Waals surface area contributed by atoms with Gasteiger partial charge in [-0.25, -0.2) is 9.78 Å². The number of rotatable bonds is 6. The van der Waals surface area contributed by atoms with Crippen molar-refractivity contribution < 1.29 is 14.3 Å². The van der Waals surface area contributed by atoms with E-state index in [1.54, 1.807) is 20.8 Å². The number of ketones is 1. The lowest BCUT2D eigenvalue weighted by Crippen LogP contribution is -2.08. The van der Waals surface area contributed by atoms with Crippen LogP contribution in [0.5, 0.6) is 0 Å². The molecule has 0 bridgehead atoms. The van der Waals surface area contributed by atoms with Crippen molar-refractivity contribution in [1.29, 1.82) is 0 Å². The molecule has 2 heterocycles. The van der Waals surface area contributed by atoms with Gasteiger partial charge in [0, 0.05) is 5.69 Å². The molecule has 0 radical (unpaired) electrons. The van der Waals surface area contributed by atoms with Crippen molar-refractivity contribution >= 4 is 34.5 Å². The van der Waals surface area contributed by atoms with Gasteiger partial charge in [0.1, 0.15) is 0 Å². The van der Waals surface area contributed by atoms with Gasteiger partial charge >= 0.3 is 5.97 Å². The van der Waals surface area contributed by atoms with Crippen LogP contribution in [0.2, 0.25) is 0 Å². The number of nitrogens with one attached hydrogen (secondary N) is 2. The number of carbonyl (C=O) groups excluding carboxylic acids is 2. The molecule has 0 aliphatic rings. The van der Waals surface area contributed by atoms with E-state index in [-0.39, 0.29) is 11.5 Å². The van der Waals surface area contributed by atoms with Crippen LogP contribution >= 0.6 is 11.8 Å². The molecule has 7 heteroatoms. The first-order valence-electron chi connectivity index (χ1n) is 8.39. The van der Waals surface area contributed by atoms with Crippen molar-refractivity contribution in [1.82, 2.24) is 15.0 Å². The molecular weight excluding hydrogens is 350 g/mol. The Morgan fingerprint density at radius 3 is 2.69 bits per heavy atom. The van der Waals surface area contributed by atoms with Crippen LogP contribution in [0.15, 0.2) is 23.4 Å². The third-order valence-corrected chi connectivity index (χ3v) is 5.02. The van der Waals surface area contributed by atoms with E-state index >= 15 is 0 Å². The number of nitrogens with zero attached hydrogens (tertiary/aromatic N) is 1. The van der Waals surface area contributed by atoms with Gasteiger partial charge in [-0.15, -0.1) is 0 Å². The zero-order valence-electron chi connectivity index (χ0n) is 15.2. The van der Waals surface area contributed by atoms with Crippen LogP contribution in [-0.2, 0) is 4.74 Å². The Balaban J connectivity index is 1.75. The zero-order valence-corrected chi connectivity index (χ0v) is 16.0. The topological polar surface area (TPSA) is 87.8 Å². The number of imidazole rings is 1. The maximum Gasteiger partial charge on any atom is 0.340 e. The van der Waals surface area contributed by atoms with E-state index in [0.29, 0.717) is 34.3 Å². The average Bonchev–Trinajstić information content (AvgIpc) is 3.12. The second-order valence-corrected chi connectivity index (χ2v) is 7.08. The van der Waals surface area contributed by atoms with Crippen molar-refractivity contribution in [3.63, 3.8) is 0 Å². The molecule has 0 saturated heterocycles. The zero-order chi connectivity index (χ0) is 18.8. The van der Waals surface area contributed by atoms with E-state index in [0.717, 1.165) is 16.6 Å². The number of benzene rings is 1. The Morgan fingerprint density at radius 2 is 1.96 bits per heavy atom. The van der Waals surface area contributed by atoms with Gasteiger partial charge in [0.15, 0.2) is 10.9 Å². The number of esters is 1. The molecule has 0 unspecified atom stereocenters. The van der Waals surface area contributed by atoms with Gasteiger partial charge < -0.3 is 14.7 Å². The van der Waals surface area contributed by atoms with E-state index in [1.165, 1.54) is 11.8 Å². The Morgan fingerprint density at radius 1 is 1.19 bits per heavy atom. The molecule has 0 fully saturated rings. The monoisotopic (exact) mass is 371 g/mol. The molecule has 3 aromatic rings. The minimum atomic E-state index is -0.405. The van der Waals surface area contributed by atoms with Gasteiger partial charge in [0.05, 0.1) is 34.7 Å². The standard InChI is InChI=1S/C19H21N3O3S/c1-5-25-18(24)16-11(3)17(20-12(16)4)15(23)9-26-19-21-13-7-6-10(2)8-14(13)22-19/h6-8,20H,5,9H2,1-4H3,(H,21,22). The molecular formula is C19H21N3O3S.